The molecule has 2 amide bonds. The van der Waals surface area contributed by atoms with Crippen LogP contribution in [0.4, 0.5) is 4.39 Å². The van der Waals surface area contributed by atoms with Crippen LogP contribution in [0.1, 0.15) is 16.8 Å². The van der Waals surface area contributed by atoms with Crippen LogP contribution in [0.5, 0.6) is 5.75 Å². The molecule has 1 aromatic carbocycles. The smallest absolute Gasteiger partial charge is 0.253 e. The number of ether oxygens (including phenoxy) is 1. The Labute approximate surface area is 122 Å². The molecule has 0 saturated carbocycles. The highest BCUT2D eigenvalue weighted by Gasteiger charge is 2.39. The predicted octanol–water partition coefficient (Wildman–Crippen LogP) is 1.04. The minimum absolute atomic E-state index is 0.0426. The summed E-state index contributed by atoms with van der Waals surface area (Å²) in [5.74, 6) is -0.0618. The number of carbonyl (C=O) groups is 2. The Morgan fingerprint density at radius 3 is 2.86 bits per heavy atom. The third kappa shape index (κ3) is 2.57. The van der Waals surface area contributed by atoms with E-state index < -0.39 is 5.82 Å². The molecule has 2 saturated heterocycles. The van der Waals surface area contributed by atoms with Gasteiger partial charge in [0.05, 0.1) is 7.11 Å². The maximum absolute atomic E-state index is 13.7. The molecule has 112 valence electrons. The van der Waals surface area contributed by atoms with Gasteiger partial charge >= 0.3 is 0 Å². The molecule has 0 unspecified atom stereocenters. The Balaban J connectivity index is 1.74. The van der Waals surface area contributed by atoms with Gasteiger partial charge in [-0.3, -0.25) is 9.59 Å². The predicted molar refractivity (Wildman–Crippen MR) is 73.5 cm³/mol. The van der Waals surface area contributed by atoms with Gasteiger partial charge in [0.1, 0.15) is 0 Å². The molecule has 1 N–H and O–H groups in total. The normalized spacial score (nSPS) is 24.5. The van der Waals surface area contributed by atoms with Gasteiger partial charge in [-0.1, -0.05) is 0 Å². The first kappa shape index (κ1) is 13.9. The number of nitrogens with zero attached hydrogens (tertiary/aromatic N) is 1. The Hall–Kier alpha value is -2.11. The highest BCUT2D eigenvalue weighted by atomic mass is 19.1. The summed E-state index contributed by atoms with van der Waals surface area (Å²) in [7, 11) is 1.38. The number of methoxy groups -OCH3 is 1. The molecule has 0 spiro atoms. The summed E-state index contributed by atoms with van der Waals surface area (Å²) in [6, 6.07) is 4.22. The van der Waals surface area contributed by atoms with Crippen molar-refractivity contribution in [2.24, 2.45) is 11.8 Å². The molecular formula is C15H17FN2O3. The first-order valence-electron chi connectivity index (χ1n) is 6.98. The van der Waals surface area contributed by atoms with Crippen molar-refractivity contribution in [2.45, 2.75) is 6.42 Å². The van der Waals surface area contributed by atoms with Crippen molar-refractivity contribution in [3.05, 3.63) is 29.6 Å². The molecule has 2 aliphatic rings. The lowest BCUT2D eigenvalue weighted by Crippen LogP contribution is -2.40. The number of hydrogen-bond acceptors (Lipinski definition) is 3. The summed E-state index contributed by atoms with van der Waals surface area (Å²) in [5, 5.41) is 2.82. The van der Waals surface area contributed by atoms with Gasteiger partial charge in [0.15, 0.2) is 11.6 Å². The molecule has 0 radical (unpaired) electrons. The van der Waals surface area contributed by atoms with E-state index in [0.717, 1.165) is 0 Å². The van der Waals surface area contributed by atoms with Crippen LogP contribution in [0.3, 0.4) is 0 Å². The fraction of sp³-hybridized carbons (Fsp3) is 0.467. The van der Waals surface area contributed by atoms with Crippen LogP contribution in [0, 0.1) is 17.7 Å². The monoisotopic (exact) mass is 292 g/mol. The number of hydrogen-bond donors (Lipinski definition) is 1. The lowest BCUT2D eigenvalue weighted by atomic mass is 9.89. The van der Waals surface area contributed by atoms with Gasteiger partial charge in [-0.25, -0.2) is 4.39 Å². The number of piperidine rings is 1. The van der Waals surface area contributed by atoms with Crippen LogP contribution in [-0.2, 0) is 4.79 Å². The van der Waals surface area contributed by atoms with Gasteiger partial charge in [-0.2, -0.15) is 0 Å². The lowest BCUT2D eigenvalue weighted by molar-refractivity contribution is -0.124. The molecule has 2 heterocycles. The number of carbonyl (C=O) groups excluding carboxylic acids is 2. The molecule has 5 nitrogen and oxygen atoms in total. The molecule has 0 bridgehead atoms. The van der Waals surface area contributed by atoms with Crippen molar-refractivity contribution in [3.8, 4) is 5.75 Å². The summed E-state index contributed by atoms with van der Waals surface area (Å²) >= 11 is 0. The third-order valence-electron chi connectivity index (χ3n) is 4.27. The average Bonchev–Trinajstić information content (AvgIpc) is 2.89. The van der Waals surface area contributed by atoms with E-state index in [2.05, 4.69) is 5.32 Å². The zero-order valence-electron chi connectivity index (χ0n) is 11.8. The van der Waals surface area contributed by atoms with E-state index in [9.17, 15) is 14.0 Å². The first-order chi connectivity index (χ1) is 10.1. The zero-order chi connectivity index (χ0) is 15.0. The van der Waals surface area contributed by atoms with Gasteiger partial charge in [0, 0.05) is 31.6 Å². The topological polar surface area (TPSA) is 58.6 Å². The summed E-state index contributed by atoms with van der Waals surface area (Å²) in [4.78, 5) is 25.5. The summed E-state index contributed by atoms with van der Waals surface area (Å²) < 4.78 is 18.5. The van der Waals surface area contributed by atoms with E-state index in [0.29, 0.717) is 37.5 Å². The van der Waals surface area contributed by atoms with Crippen molar-refractivity contribution in [3.63, 3.8) is 0 Å². The minimum atomic E-state index is -0.545. The van der Waals surface area contributed by atoms with Crippen molar-refractivity contribution in [1.29, 1.82) is 0 Å². The van der Waals surface area contributed by atoms with E-state index in [1.807, 2.05) is 0 Å². The standard InChI is InChI=1S/C15H17FN2O3/c1-21-13-3-2-9(4-12(13)16)15(20)18-7-10-5-14(19)17-6-11(10)8-18/h2-4,10-11H,5-8H2,1H3,(H,17,19)/t10-,11+/m0/s1. The maximum Gasteiger partial charge on any atom is 0.253 e. The van der Waals surface area contributed by atoms with Gasteiger partial charge < -0.3 is 15.0 Å². The van der Waals surface area contributed by atoms with Crippen molar-refractivity contribution >= 4 is 11.8 Å². The van der Waals surface area contributed by atoms with E-state index in [4.69, 9.17) is 4.74 Å². The Morgan fingerprint density at radius 1 is 1.38 bits per heavy atom. The second-order valence-corrected chi connectivity index (χ2v) is 5.59. The molecule has 2 atom stereocenters. The van der Waals surface area contributed by atoms with E-state index in [-0.39, 0.29) is 23.5 Å². The Bertz CT molecular complexity index is 590. The van der Waals surface area contributed by atoms with Crippen molar-refractivity contribution in [1.82, 2.24) is 10.2 Å². The number of rotatable bonds is 2. The van der Waals surface area contributed by atoms with Crippen LogP contribution in [0.25, 0.3) is 0 Å². The second kappa shape index (κ2) is 5.35. The fourth-order valence-electron chi connectivity index (χ4n) is 3.10. The fourth-order valence-corrected chi connectivity index (χ4v) is 3.10. The van der Waals surface area contributed by atoms with Gasteiger partial charge in [-0.05, 0) is 30.0 Å². The van der Waals surface area contributed by atoms with Crippen LogP contribution in [0.15, 0.2) is 18.2 Å². The highest BCUT2D eigenvalue weighted by molar-refractivity contribution is 5.94. The molecule has 21 heavy (non-hydrogen) atoms. The quantitative estimate of drug-likeness (QED) is 0.886. The molecule has 2 fully saturated rings. The molecule has 3 rings (SSSR count). The number of halogens is 1. The number of benzene rings is 1. The number of likely N-dealkylation sites (tertiary alicyclic amines) is 1. The van der Waals surface area contributed by atoms with Crippen LogP contribution in [-0.4, -0.2) is 43.5 Å². The van der Waals surface area contributed by atoms with Crippen molar-refractivity contribution < 1.29 is 18.7 Å². The molecule has 0 aliphatic carbocycles. The third-order valence-corrected chi connectivity index (χ3v) is 4.27. The van der Waals surface area contributed by atoms with Crippen LogP contribution < -0.4 is 10.1 Å². The number of nitrogens with one attached hydrogen (secondary N) is 1. The van der Waals surface area contributed by atoms with Crippen molar-refractivity contribution in [2.75, 3.05) is 26.7 Å². The zero-order valence-corrected chi connectivity index (χ0v) is 11.8. The second-order valence-electron chi connectivity index (χ2n) is 5.59. The Kier molecular flexibility index (Phi) is 3.53. The lowest BCUT2D eigenvalue weighted by Gasteiger charge is -2.23. The SMILES string of the molecule is COc1ccc(C(=O)N2C[C@H]3CNC(=O)C[C@H]3C2)cc1F. The summed E-state index contributed by atoms with van der Waals surface area (Å²) in [5.41, 5.74) is 0.311. The van der Waals surface area contributed by atoms with Gasteiger partial charge in [-0.15, -0.1) is 0 Å². The molecule has 2 aliphatic heterocycles. The van der Waals surface area contributed by atoms with E-state index >= 15 is 0 Å². The maximum atomic E-state index is 13.7. The average molecular weight is 292 g/mol. The van der Waals surface area contributed by atoms with E-state index in [1.54, 1.807) is 11.0 Å². The van der Waals surface area contributed by atoms with Gasteiger partial charge in [0.2, 0.25) is 5.91 Å². The largest absolute Gasteiger partial charge is 0.494 e. The highest BCUT2D eigenvalue weighted by Crippen LogP contribution is 2.30. The minimum Gasteiger partial charge on any atom is -0.494 e. The summed E-state index contributed by atoms with van der Waals surface area (Å²) in [6.07, 6.45) is 0.464. The Morgan fingerprint density at radius 2 is 2.14 bits per heavy atom. The molecular weight excluding hydrogens is 275 g/mol. The summed E-state index contributed by atoms with van der Waals surface area (Å²) in [6.45, 7) is 1.78. The van der Waals surface area contributed by atoms with Crippen LogP contribution >= 0.6 is 0 Å². The van der Waals surface area contributed by atoms with Gasteiger partial charge in [0.25, 0.3) is 5.91 Å². The number of amides is 2. The van der Waals surface area contributed by atoms with E-state index in [1.165, 1.54) is 19.2 Å². The molecule has 1 aromatic rings. The first-order valence-corrected chi connectivity index (χ1v) is 6.98. The van der Waals surface area contributed by atoms with Crippen LogP contribution in [0.2, 0.25) is 0 Å². The number of fused-ring (bicyclic) bond motifs is 1. The molecule has 6 heteroatoms. The molecule has 0 aromatic heterocycles.